The van der Waals surface area contributed by atoms with Gasteiger partial charge in [-0.15, -0.1) is 0 Å². The predicted molar refractivity (Wildman–Crippen MR) is 127 cm³/mol. The molecule has 166 valence electrons. The van der Waals surface area contributed by atoms with Gasteiger partial charge < -0.3 is 19.5 Å². The van der Waals surface area contributed by atoms with Gasteiger partial charge in [0.05, 0.1) is 37.4 Å². The minimum atomic E-state index is 0.112. The molecule has 0 atom stereocenters. The highest BCUT2D eigenvalue weighted by molar-refractivity contribution is 5.82. The molecule has 2 N–H and O–H groups in total. The van der Waals surface area contributed by atoms with E-state index in [1.165, 1.54) is 29.5 Å². The first-order chi connectivity index (χ1) is 16.2. The molecule has 6 rings (SSSR count). The van der Waals surface area contributed by atoms with E-state index in [9.17, 15) is 5.11 Å². The Morgan fingerprint density at radius 3 is 2.67 bits per heavy atom. The minimum Gasteiger partial charge on any atom is -0.504 e. The number of aromatic nitrogens is 3. The number of nitrogens with zero attached hydrogens (tertiary/aromatic N) is 3. The number of ether oxygens (including phenoxy) is 2. The van der Waals surface area contributed by atoms with Gasteiger partial charge in [0.2, 0.25) is 0 Å². The predicted octanol–water partition coefficient (Wildman–Crippen LogP) is 4.26. The molecular weight excluding hydrogens is 416 g/mol. The monoisotopic (exact) mass is 440 g/mol. The number of aromatic amines is 1. The summed E-state index contributed by atoms with van der Waals surface area (Å²) in [7, 11) is 1.54. The second-order valence-corrected chi connectivity index (χ2v) is 8.36. The molecule has 0 unspecified atom stereocenters. The van der Waals surface area contributed by atoms with Crippen LogP contribution in [0.3, 0.4) is 0 Å². The number of methoxy groups -OCH3 is 1. The highest BCUT2D eigenvalue weighted by Gasteiger charge is 2.26. The summed E-state index contributed by atoms with van der Waals surface area (Å²) in [6, 6.07) is 15.9. The average molecular weight is 441 g/mol. The lowest BCUT2D eigenvalue weighted by atomic mass is 10.0. The topological polar surface area (TPSA) is 83.5 Å². The van der Waals surface area contributed by atoms with Gasteiger partial charge >= 0.3 is 0 Å². The second-order valence-electron chi connectivity index (χ2n) is 8.36. The average Bonchev–Trinajstić information content (AvgIpc) is 3.44. The quantitative estimate of drug-likeness (QED) is 0.435. The summed E-state index contributed by atoms with van der Waals surface area (Å²) in [5.41, 5.74) is 9.72. The Hall–Kier alpha value is -3.84. The second kappa shape index (κ2) is 7.94. The number of rotatable bonds is 4. The van der Waals surface area contributed by atoms with Gasteiger partial charge in [-0.25, -0.2) is 0 Å². The molecule has 0 radical (unpaired) electrons. The molecule has 3 heterocycles. The normalized spacial score (nSPS) is 14.8. The van der Waals surface area contributed by atoms with Crippen LogP contribution >= 0.6 is 0 Å². The van der Waals surface area contributed by atoms with Gasteiger partial charge in [0.25, 0.3) is 0 Å². The first-order valence-electron chi connectivity index (χ1n) is 11.1. The Labute approximate surface area is 191 Å². The van der Waals surface area contributed by atoms with Crippen molar-refractivity contribution in [1.29, 1.82) is 0 Å². The fourth-order valence-electron chi connectivity index (χ4n) is 4.72. The number of nitrogens with one attached hydrogen (secondary N) is 1. The lowest BCUT2D eigenvalue weighted by molar-refractivity contribution is 0.122. The molecule has 2 aliphatic rings. The molecule has 1 saturated heterocycles. The van der Waals surface area contributed by atoms with Gasteiger partial charge in [0.15, 0.2) is 11.5 Å². The first-order valence-corrected chi connectivity index (χ1v) is 11.1. The van der Waals surface area contributed by atoms with E-state index in [4.69, 9.17) is 9.47 Å². The van der Waals surface area contributed by atoms with Crippen LogP contribution in [0.1, 0.15) is 11.1 Å². The van der Waals surface area contributed by atoms with Gasteiger partial charge in [-0.2, -0.15) is 5.10 Å². The molecule has 0 saturated carbocycles. The van der Waals surface area contributed by atoms with E-state index < -0.39 is 0 Å². The number of hydrogen-bond acceptors (Lipinski definition) is 6. The maximum atomic E-state index is 9.84. The zero-order valence-corrected chi connectivity index (χ0v) is 18.3. The van der Waals surface area contributed by atoms with Crippen molar-refractivity contribution in [3.05, 3.63) is 65.9 Å². The third kappa shape index (κ3) is 3.41. The Balaban J connectivity index is 1.28. The molecule has 7 nitrogen and oxygen atoms in total. The number of H-pyrrole nitrogens is 1. The van der Waals surface area contributed by atoms with E-state index in [0.29, 0.717) is 5.75 Å². The standard InChI is InChI=1S/C26H24N4O3/c1-32-24-14-16(3-7-23(24)31)22-6-2-17(15-27-22)25-21-13-18-12-19(30-8-10-33-11-9-30)4-5-20(18)26(21)29-28-25/h2-7,12,14-15,31H,8-11,13H2,1H3,(H,28,29). The number of fused-ring (bicyclic) bond motifs is 3. The summed E-state index contributed by atoms with van der Waals surface area (Å²) in [6.07, 6.45) is 2.71. The maximum absolute atomic E-state index is 9.84. The molecule has 2 aromatic carbocycles. The number of phenols is 1. The number of phenolic OH excluding ortho intramolecular Hbond substituents is 1. The molecule has 1 aliphatic carbocycles. The Kier molecular flexibility index (Phi) is 4.77. The van der Waals surface area contributed by atoms with Crippen molar-refractivity contribution in [2.24, 2.45) is 0 Å². The molecule has 1 aliphatic heterocycles. The summed E-state index contributed by atoms with van der Waals surface area (Å²) >= 11 is 0. The molecule has 2 aromatic heterocycles. The molecule has 7 heteroatoms. The van der Waals surface area contributed by atoms with Gasteiger partial charge in [-0.05, 0) is 48.0 Å². The molecule has 0 amide bonds. The van der Waals surface area contributed by atoms with Gasteiger partial charge in [-0.3, -0.25) is 10.1 Å². The molecule has 4 aromatic rings. The van der Waals surface area contributed by atoms with Crippen molar-refractivity contribution in [3.8, 4) is 45.3 Å². The Morgan fingerprint density at radius 2 is 1.88 bits per heavy atom. The number of hydrogen-bond donors (Lipinski definition) is 2. The highest BCUT2D eigenvalue weighted by Crippen LogP contribution is 2.41. The van der Waals surface area contributed by atoms with Crippen molar-refractivity contribution >= 4 is 5.69 Å². The molecular formula is C26H24N4O3. The van der Waals surface area contributed by atoms with Crippen LogP contribution in [0.2, 0.25) is 0 Å². The largest absolute Gasteiger partial charge is 0.504 e. The number of benzene rings is 2. The van der Waals surface area contributed by atoms with Gasteiger partial charge in [-0.1, -0.05) is 6.07 Å². The SMILES string of the molecule is COc1cc(-c2ccc(-c3n[nH]c4c3Cc3cc(N5CCOCC5)ccc3-4)cn2)ccc1O. The lowest BCUT2D eigenvalue weighted by Gasteiger charge is -2.29. The van der Waals surface area contributed by atoms with Crippen molar-refractivity contribution in [1.82, 2.24) is 15.2 Å². The van der Waals surface area contributed by atoms with Crippen molar-refractivity contribution in [2.75, 3.05) is 38.3 Å². The fraction of sp³-hybridized carbons (Fsp3) is 0.231. The van der Waals surface area contributed by atoms with Crippen molar-refractivity contribution < 1.29 is 14.6 Å². The van der Waals surface area contributed by atoms with E-state index in [2.05, 4.69) is 38.3 Å². The first kappa shape index (κ1) is 19.8. The lowest BCUT2D eigenvalue weighted by Crippen LogP contribution is -2.36. The van der Waals surface area contributed by atoms with Crippen LogP contribution in [0.25, 0.3) is 33.8 Å². The van der Waals surface area contributed by atoms with E-state index in [-0.39, 0.29) is 5.75 Å². The smallest absolute Gasteiger partial charge is 0.161 e. The third-order valence-electron chi connectivity index (χ3n) is 6.48. The van der Waals surface area contributed by atoms with Crippen molar-refractivity contribution in [3.63, 3.8) is 0 Å². The number of morpholine rings is 1. The maximum Gasteiger partial charge on any atom is 0.161 e. The summed E-state index contributed by atoms with van der Waals surface area (Å²) in [4.78, 5) is 7.04. The molecule has 1 fully saturated rings. The molecule has 0 spiro atoms. The van der Waals surface area contributed by atoms with E-state index in [1.807, 2.05) is 24.4 Å². The van der Waals surface area contributed by atoms with E-state index in [1.54, 1.807) is 12.1 Å². The fourth-order valence-corrected chi connectivity index (χ4v) is 4.72. The molecule has 33 heavy (non-hydrogen) atoms. The van der Waals surface area contributed by atoms with Crippen LogP contribution in [0.4, 0.5) is 5.69 Å². The van der Waals surface area contributed by atoms with Crippen LogP contribution in [-0.4, -0.2) is 53.7 Å². The molecule has 0 bridgehead atoms. The third-order valence-corrected chi connectivity index (χ3v) is 6.48. The number of pyridine rings is 1. The summed E-state index contributed by atoms with van der Waals surface area (Å²) in [5.74, 6) is 0.541. The highest BCUT2D eigenvalue weighted by atomic mass is 16.5. The number of aromatic hydroxyl groups is 1. The number of anilines is 1. The zero-order chi connectivity index (χ0) is 22.4. The van der Waals surface area contributed by atoms with Crippen LogP contribution in [0, 0.1) is 0 Å². The van der Waals surface area contributed by atoms with E-state index >= 15 is 0 Å². The van der Waals surface area contributed by atoms with Crippen LogP contribution < -0.4 is 9.64 Å². The van der Waals surface area contributed by atoms with Crippen LogP contribution in [0.15, 0.2) is 54.7 Å². The van der Waals surface area contributed by atoms with Crippen LogP contribution in [0.5, 0.6) is 11.5 Å². The van der Waals surface area contributed by atoms with Crippen LogP contribution in [-0.2, 0) is 11.2 Å². The van der Waals surface area contributed by atoms with Gasteiger partial charge in [0, 0.05) is 53.6 Å². The minimum absolute atomic E-state index is 0.112. The Bertz CT molecular complexity index is 1320. The summed E-state index contributed by atoms with van der Waals surface area (Å²) < 4.78 is 10.7. The summed E-state index contributed by atoms with van der Waals surface area (Å²) in [6.45, 7) is 3.43. The van der Waals surface area contributed by atoms with Crippen molar-refractivity contribution in [2.45, 2.75) is 6.42 Å². The Morgan fingerprint density at radius 1 is 1.03 bits per heavy atom. The zero-order valence-electron chi connectivity index (χ0n) is 18.3. The van der Waals surface area contributed by atoms with Gasteiger partial charge in [0.1, 0.15) is 0 Å². The summed E-state index contributed by atoms with van der Waals surface area (Å²) in [5, 5.41) is 17.7. The van der Waals surface area contributed by atoms with E-state index in [0.717, 1.165) is 60.9 Å².